The lowest BCUT2D eigenvalue weighted by Gasteiger charge is -2.34. The van der Waals surface area contributed by atoms with Gasteiger partial charge in [0, 0.05) is 66.4 Å². The van der Waals surface area contributed by atoms with Crippen LogP contribution in [0.4, 0.5) is 0 Å². The Morgan fingerprint density at radius 3 is 2.44 bits per heavy atom. The van der Waals surface area contributed by atoms with Gasteiger partial charge in [-0.3, -0.25) is 19.1 Å². The van der Waals surface area contributed by atoms with E-state index < -0.39 is 0 Å². The lowest BCUT2D eigenvalue weighted by atomic mass is 9.75. The second-order valence-electron chi connectivity index (χ2n) is 12.2. The van der Waals surface area contributed by atoms with Crippen LogP contribution in [0.15, 0.2) is 58.7 Å². The summed E-state index contributed by atoms with van der Waals surface area (Å²) in [5.41, 5.74) is 6.29. The van der Waals surface area contributed by atoms with E-state index in [2.05, 4.69) is 55.8 Å². The minimum Gasteiger partial charge on any atom is -0.304 e. The Morgan fingerprint density at radius 1 is 0.976 bits per heavy atom. The molecule has 41 heavy (non-hydrogen) atoms. The van der Waals surface area contributed by atoms with Crippen molar-refractivity contribution in [1.29, 1.82) is 0 Å². The molecular weight excluding hydrogens is 552 g/mol. The molecule has 1 aliphatic heterocycles. The maximum absolute atomic E-state index is 14.6. The molecular formula is C33H35ClN4O2S. The van der Waals surface area contributed by atoms with Gasteiger partial charge in [-0.05, 0) is 55.1 Å². The van der Waals surface area contributed by atoms with Gasteiger partial charge in [0.2, 0.25) is 0 Å². The number of carbonyl (C=O) groups is 1. The maximum atomic E-state index is 14.6. The van der Waals surface area contributed by atoms with Crippen molar-refractivity contribution in [1.82, 2.24) is 19.4 Å². The standard InChI is InChI=1S/C33H35ClN4O2S/c1-21-6-5-7-23(19-37-14-12-36(4)13-15-37)30(21)38-28-17-33(2,3)18-29(39)25(28)16-26(32(38)40)31-35-27(20-41-31)22-8-10-24(34)11-9-22/h5-11,16,20H,12-15,17-19H2,1-4H3. The smallest absolute Gasteiger partial charge is 0.265 e. The first-order valence-electron chi connectivity index (χ1n) is 14.1. The molecule has 6 rings (SSSR count). The van der Waals surface area contributed by atoms with Gasteiger partial charge in [-0.1, -0.05) is 55.8 Å². The van der Waals surface area contributed by atoms with Gasteiger partial charge in [0.15, 0.2) is 5.78 Å². The quantitative estimate of drug-likeness (QED) is 0.267. The van der Waals surface area contributed by atoms with Crippen molar-refractivity contribution in [3.8, 4) is 27.5 Å². The van der Waals surface area contributed by atoms with Crippen LogP contribution in [0.1, 0.15) is 47.4 Å². The number of piperazine rings is 1. The Balaban J connectivity index is 1.53. The number of aryl methyl sites for hydroxylation is 1. The highest BCUT2D eigenvalue weighted by Gasteiger charge is 2.35. The molecule has 0 spiro atoms. The molecule has 4 aromatic rings. The Bertz CT molecular complexity index is 1680. The number of Topliss-reactive ketones (excluding diaryl/α,β-unsaturated/α-hetero) is 1. The van der Waals surface area contributed by atoms with E-state index in [0.29, 0.717) is 34.0 Å². The van der Waals surface area contributed by atoms with E-state index >= 15 is 0 Å². The highest BCUT2D eigenvalue weighted by Crippen LogP contribution is 2.38. The van der Waals surface area contributed by atoms with Crippen LogP contribution in [0, 0.1) is 12.3 Å². The van der Waals surface area contributed by atoms with Crippen molar-refractivity contribution in [2.75, 3.05) is 33.2 Å². The second-order valence-corrected chi connectivity index (χ2v) is 13.5. The monoisotopic (exact) mass is 586 g/mol. The molecule has 2 aliphatic rings. The van der Waals surface area contributed by atoms with Crippen LogP contribution in [0.5, 0.6) is 0 Å². The van der Waals surface area contributed by atoms with E-state index in [9.17, 15) is 9.59 Å². The second kappa shape index (κ2) is 11.0. The van der Waals surface area contributed by atoms with Gasteiger partial charge in [0.1, 0.15) is 5.01 Å². The van der Waals surface area contributed by atoms with E-state index in [1.54, 1.807) is 6.07 Å². The highest BCUT2D eigenvalue weighted by molar-refractivity contribution is 7.13. The number of pyridine rings is 1. The lowest BCUT2D eigenvalue weighted by molar-refractivity contribution is 0.0909. The summed E-state index contributed by atoms with van der Waals surface area (Å²) in [4.78, 5) is 37.8. The summed E-state index contributed by atoms with van der Waals surface area (Å²) in [5.74, 6) is 0.0786. The van der Waals surface area contributed by atoms with E-state index in [0.717, 1.165) is 66.5 Å². The van der Waals surface area contributed by atoms with Gasteiger partial charge in [-0.2, -0.15) is 0 Å². The first-order valence-corrected chi connectivity index (χ1v) is 15.4. The molecule has 0 bridgehead atoms. The Morgan fingerprint density at radius 2 is 1.71 bits per heavy atom. The van der Waals surface area contributed by atoms with Crippen LogP contribution < -0.4 is 5.56 Å². The number of nitrogens with zero attached hydrogens (tertiary/aromatic N) is 4. The average molecular weight is 587 g/mol. The van der Waals surface area contributed by atoms with Crippen molar-refractivity contribution in [3.05, 3.63) is 91.7 Å². The SMILES string of the molecule is Cc1cccc(CN2CCN(C)CC2)c1-n1c2c(cc(-c3nc(-c4ccc(Cl)cc4)cs3)c1=O)C(=O)CC(C)(C)C2. The first kappa shape index (κ1) is 28.0. The Labute approximate surface area is 250 Å². The van der Waals surface area contributed by atoms with Gasteiger partial charge >= 0.3 is 0 Å². The van der Waals surface area contributed by atoms with Crippen molar-refractivity contribution in [2.45, 2.75) is 40.2 Å². The molecule has 1 aliphatic carbocycles. The zero-order chi connectivity index (χ0) is 28.9. The molecule has 0 atom stereocenters. The molecule has 0 amide bonds. The molecule has 1 fully saturated rings. The Hall–Kier alpha value is -3.10. The first-order chi connectivity index (χ1) is 19.6. The molecule has 6 nitrogen and oxygen atoms in total. The molecule has 0 unspecified atom stereocenters. The van der Waals surface area contributed by atoms with Gasteiger partial charge in [0.25, 0.3) is 5.56 Å². The Kier molecular flexibility index (Phi) is 7.49. The summed E-state index contributed by atoms with van der Waals surface area (Å²) >= 11 is 7.52. The molecule has 0 radical (unpaired) electrons. The fourth-order valence-corrected chi connectivity index (χ4v) is 7.03. The van der Waals surface area contributed by atoms with E-state index in [4.69, 9.17) is 16.6 Å². The number of para-hydroxylation sites is 1. The minimum absolute atomic E-state index is 0.0786. The third-order valence-electron chi connectivity index (χ3n) is 8.30. The molecule has 8 heteroatoms. The number of ketones is 1. The zero-order valence-electron chi connectivity index (χ0n) is 24.0. The molecule has 0 saturated carbocycles. The van der Waals surface area contributed by atoms with E-state index in [-0.39, 0.29) is 16.8 Å². The van der Waals surface area contributed by atoms with Crippen molar-refractivity contribution >= 4 is 28.7 Å². The number of carbonyl (C=O) groups excluding carboxylic acids is 1. The van der Waals surface area contributed by atoms with Crippen LogP contribution in [0.3, 0.4) is 0 Å². The molecule has 3 heterocycles. The van der Waals surface area contributed by atoms with Crippen molar-refractivity contribution < 1.29 is 4.79 Å². The molecule has 1 saturated heterocycles. The summed E-state index contributed by atoms with van der Waals surface area (Å²) in [6.07, 6.45) is 1.10. The molecule has 2 aromatic heterocycles. The topological polar surface area (TPSA) is 58.4 Å². The minimum atomic E-state index is -0.233. The third kappa shape index (κ3) is 5.56. The average Bonchev–Trinajstić information content (AvgIpc) is 3.41. The predicted octanol–water partition coefficient (Wildman–Crippen LogP) is 6.49. The van der Waals surface area contributed by atoms with Crippen LogP contribution in [0.25, 0.3) is 27.5 Å². The van der Waals surface area contributed by atoms with Crippen molar-refractivity contribution in [3.63, 3.8) is 0 Å². The van der Waals surface area contributed by atoms with Crippen LogP contribution >= 0.6 is 22.9 Å². The number of thiazole rings is 1. The van der Waals surface area contributed by atoms with Crippen molar-refractivity contribution in [2.24, 2.45) is 5.41 Å². The zero-order valence-corrected chi connectivity index (χ0v) is 25.6. The van der Waals surface area contributed by atoms with E-state index in [1.807, 2.05) is 34.2 Å². The van der Waals surface area contributed by atoms with Crippen LogP contribution in [0.2, 0.25) is 5.02 Å². The van der Waals surface area contributed by atoms with Gasteiger partial charge in [0.05, 0.1) is 16.9 Å². The highest BCUT2D eigenvalue weighted by atomic mass is 35.5. The number of likely N-dealkylation sites (N-methyl/N-ethyl adjacent to an activating group) is 1. The largest absolute Gasteiger partial charge is 0.304 e. The van der Waals surface area contributed by atoms with Crippen LogP contribution in [-0.4, -0.2) is 58.4 Å². The molecule has 0 N–H and O–H groups in total. The van der Waals surface area contributed by atoms with Gasteiger partial charge in [-0.25, -0.2) is 4.98 Å². The summed E-state index contributed by atoms with van der Waals surface area (Å²) < 4.78 is 1.85. The molecule has 2 aromatic carbocycles. The number of aromatic nitrogens is 2. The summed E-state index contributed by atoms with van der Waals surface area (Å²) in [5, 5.41) is 3.23. The fraction of sp³-hybridized carbons (Fsp3) is 0.364. The number of rotatable bonds is 5. The summed E-state index contributed by atoms with van der Waals surface area (Å²) in [7, 11) is 2.16. The number of fused-ring (bicyclic) bond motifs is 1. The van der Waals surface area contributed by atoms with Gasteiger partial charge in [-0.15, -0.1) is 11.3 Å². The number of hydrogen-bond donors (Lipinski definition) is 0. The third-order valence-corrected chi connectivity index (χ3v) is 9.43. The fourth-order valence-electron chi connectivity index (χ4n) is 6.07. The van der Waals surface area contributed by atoms with Crippen LogP contribution in [-0.2, 0) is 13.0 Å². The number of halogens is 1. The number of benzene rings is 2. The number of hydrogen-bond acceptors (Lipinski definition) is 6. The normalized spacial score (nSPS) is 17.5. The summed E-state index contributed by atoms with van der Waals surface area (Å²) in [6, 6.07) is 15.6. The van der Waals surface area contributed by atoms with E-state index in [1.165, 1.54) is 11.3 Å². The summed E-state index contributed by atoms with van der Waals surface area (Å²) in [6.45, 7) is 11.0. The van der Waals surface area contributed by atoms with Gasteiger partial charge < -0.3 is 4.90 Å². The lowest BCUT2D eigenvalue weighted by Crippen LogP contribution is -2.44. The molecule has 212 valence electrons. The maximum Gasteiger partial charge on any atom is 0.265 e. The predicted molar refractivity (Wildman–Crippen MR) is 168 cm³/mol.